The molecule has 0 aromatic heterocycles. The zero-order chi connectivity index (χ0) is 29.2. The molecule has 220 valence electrons. The molecule has 11 nitrogen and oxygen atoms in total. The van der Waals surface area contributed by atoms with Crippen molar-refractivity contribution < 1.29 is 41.8 Å². The van der Waals surface area contributed by atoms with Crippen molar-refractivity contribution in [1.29, 1.82) is 0 Å². The first-order valence-electron chi connectivity index (χ1n) is 13.6. The highest BCUT2D eigenvalue weighted by Gasteiger charge is 2.39. The van der Waals surface area contributed by atoms with E-state index in [4.69, 9.17) is 9.47 Å². The van der Waals surface area contributed by atoms with E-state index in [1.165, 1.54) is 11.0 Å². The Labute approximate surface area is 233 Å². The molecular weight excluding hydrogens is 545 g/mol. The first-order chi connectivity index (χ1) is 18.9. The van der Waals surface area contributed by atoms with Crippen LogP contribution in [0.5, 0.6) is 5.75 Å². The lowest BCUT2D eigenvalue weighted by molar-refractivity contribution is -0.181. The molecule has 2 aliphatic heterocycles. The fraction of sp³-hybridized carbons (Fsp3) is 0.593. The van der Waals surface area contributed by atoms with Crippen molar-refractivity contribution in [1.82, 2.24) is 9.62 Å². The summed E-state index contributed by atoms with van der Waals surface area (Å²) >= 11 is 0. The Hall–Kier alpha value is -3.35. The van der Waals surface area contributed by atoms with E-state index >= 15 is 4.39 Å². The summed E-state index contributed by atoms with van der Waals surface area (Å²) in [6.07, 6.45) is 4.91. The van der Waals surface area contributed by atoms with Gasteiger partial charge in [0.2, 0.25) is 0 Å². The minimum absolute atomic E-state index is 0.0194. The number of carbonyl (C=O) groups is 3. The highest BCUT2D eigenvalue weighted by Crippen LogP contribution is 2.39. The number of benzene rings is 1. The zero-order valence-electron chi connectivity index (χ0n) is 22.9. The quantitative estimate of drug-likeness (QED) is 0.350. The van der Waals surface area contributed by atoms with Crippen molar-refractivity contribution in [3.63, 3.8) is 0 Å². The summed E-state index contributed by atoms with van der Waals surface area (Å²) in [7, 11) is -4.38. The van der Waals surface area contributed by atoms with Gasteiger partial charge in [-0.25, -0.2) is 18.2 Å². The van der Waals surface area contributed by atoms with Crippen LogP contribution in [0.2, 0.25) is 0 Å². The second kappa shape index (κ2) is 12.0. The van der Waals surface area contributed by atoms with Crippen LogP contribution >= 0.6 is 0 Å². The number of phenolic OH excluding ortho intramolecular Hbond substituents is 1. The monoisotopic (exact) mass is 581 g/mol. The van der Waals surface area contributed by atoms with Gasteiger partial charge in [0.1, 0.15) is 18.0 Å². The van der Waals surface area contributed by atoms with Crippen LogP contribution in [0.3, 0.4) is 0 Å². The summed E-state index contributed by atoms with van der Waals surface area (Å²) in [4.78, 5) is 39.0. The summed E-state index contributed by atoms with van der Waals surface area (Å²) in [6.45, 7) is 5.09. The normalized spacial score (nSPS) is 21.8. The number of nitrogens with one attached hydrogen (secondary N) is 1. The number of rotatable bonds is 8. The Morgan fingerprint density at radius 2 is 1.88 bits per heavy atom. The third kappa shape index (κ3) is 6.34. The predicted octanol–water partition coefficient (Wildman–Crippen LogP) is 3.68. The summed E-state index contributed by atoms with van der Waals surface area (Å²) in [6, 6.07) is 2.45. The number of hydrogen-bond acceptors (Lipinski definition) is 8. The number of hydrogen-bond donors (Lipinski definition) is 2. The van der Waals surface area contributed by atoms with E-state index < -0.39 is 52.3 Å². The van der Waals surface area contributed by atoms with E-state index in [0.717, 1.165) is 38.2 Å². The third-order valence-electron chi connectivity index (χ3n) is 7.36. The summed E-state index contributed by atoms with van der Waals surface area (Å²) < 4.78 is 54.0. The fourth-order valence-electron chi connectivity index (χ4n) is 5.33. The van der Waals surface area contributed by atoms with Crippen LogP contribution in [0.25, 0.3) is 5.57 Å². The molecule has 1 saturated carbocycles. The maximum absolute atomic E-state index is 15.9. The average Bonchev–Trinajstić information content (AvgIpc) is 3.51. The maximum atomic E-state index is 15.9. The number of nitrogens with zero attached hydrogens (tertiary/aromatic N) is 2. The molecular formula is C27H36FN3O8S. The minimum atomic E-state index is -4.38. The molecule has 2 amide bonds. The van der Waals surface area contributed by atoms with Crippen LogP contribution < -0.4 is 9.03 Å². The maximum Gasteiger partial charge on any atom is 0.413 e. The second-order valence-electron chi connectivity index (χ2n) is 10.9. The number of aromatic hydroxyl groups is 1. The second-order valence-corrected chi connectivity index (χ2v) is 12.5. The number of phenols is 1. The van der Waals surface area contributed by atoms with Crippen molar-refractivity contribution in [2.75, 3.05) is 23.9 Å². The number of esters is 1. The van der Waals surface area contributed by atoms with Gasteiger partial charge in [-0.2, -0.15) is 8.42 Å². The van der Waals surface area contributed by atoms with E-state index in [9.17, 15) is 27.9 Å². The SMILES string of the molecule is CCCC1C=C(c2ccc(O)c(N3CC(=O)NS3(=O)=O)c2F)CN(C(=O)OC(OC(=O)C2CCCC2)C(C)C)C1. The number of halogens is 1. The summed E-state index contributed by atoms with van der Waals surface area (Å²) in [5, 5.41) is 10.3. The van der Waals surface area contributed by atoms with Crippen molar-refractivity contribution >= 4 is 39.4 Å². The molecule has 0 bridgehead atoms. The Bertz CT molecular complexity index is 1290. The van der Waals surface area contributed by atoms with Gasteiger partial charge in [0, 0.05) is 24.6 Å². The van der Waals surface area contributed by atoms with Crippen molar-refractivity contribution in [2.24, 2.45) is 17.8 Å². The van der Waals surface area contributed by atoms with Crippen LogP contribution in [-0.2, 0) is 29.3 Å². The van der Waals surface area contributed by atoms with E-state index in [-0.39, 0.29) is 35.8 Å². The predicted molar refractivity (Wildman–Crippen MR) is 144 cm³/mol. The molecule has 0 spiro atoms. The van der Waals surface area contributed by atoms with Crippen LogP contribution in [0.15, 0.2) is 18.2 Å². The Morgan fingerprint density at radius 3 is 2.48 bits per heavy atom. The zero-order valence-corrected chi connectivity index (χ0v) is 23.7. The number of anilines is 1. The fourth-order valence-corrected chi connectivity index (χ4v) is 6.49. The van der Waals surface area contributed by atoms with Gasteiger partial charge in [-0.3, -0.25) is 9.59 Å². The molecule has 1 aliphatic carbocycles. The van der Waals surface area contributed by atoms with E-state index in [0.29, 0.717) is 22.8 Å². The van der Waals surface area contributed by atoms with Crippen molar-refractivity contribution in [3.8, 4) is 5.75 Å². The van der Waals surface area contributed by atoms with Crippen LogP contribution in [0.4, 0.5) is 14.9 Å². The van der Waals surface area contributed by atoms with Gasteiger partial charge in [0.05, 0.1) is 5.92 Å². The molecule has 1 aromatic rings. The average molecular weight is 582 g/mol. The lowest BCUT2D eigenvalue weighted by Crippen LogP contribution is -2.43. The Morgan fingerprint density at radius 1 is 1.18 bits per heavy atom. The smallest absolute Gasteiger partial charge is 0.413 e. The Balaban J connectivity index is 1.58. The Kier molecular flexibility index (Phi) is 8.91. The lowest BCUT2D eigenvalue weighted by atomic mass is 9.91. The molecule has 2 unspecified atom stereocenters. The largest absolute Gasteiger partial charge is 0.506 e. The molecule has 2 atom stereocenters. The topological polar surface area (TPSA) is 143 Å². The summed E-state index contributed by atoms with van der Waals surface area (Å²) in [5.74, 6) is -3.58. The number of ether oxygens (including phenoxy) is 2. The van der Waals surface area contributed by atoms with Crippen LogP contribution in [0.1, 0.15) is 64.9 Å². The third-order valence-corrected chi connectivity index (χ3v) is 8.74. The summed E-state index contributed by atoms with van der Waals surface area (Å²) in [5.41, 5.74) is -0.281. The first kappa shape index (κ1) is 29.6. The molecule has 1 aromatic carbocycles. The van der Waals surface area contributed by atoms with Gasteiger partial charge in [-0.1, -0.05) is 46.1 Å². The van der Waals surface area contributed by atoms with Gasteiger partial charge in [0.15, 0.2) is 5.82 Å². The van der Waals surface area contributed by atoms with E-state index in [1.807, 2.05) is 13.0 Å². The molecule has 4 rings (SSSR count). The number of carbonyl (C=O) groups excluding carboxylic acids is 3. The van der Waals surface area contributed by atoms with Crippen molar-refractivity contribution in [3.05, 3.63) is 29.6 Å². The molecule has 2 N–H and O–H groups in total. The molecule has 3 aliphatic rings. The molecule has 1 saturated heterocycles. The van der Waals surface area contributed by atoms with Crippen LogP contribution in [-0.4, -0.2) is 62.3 Å². The molecule has 2 heterocycles. The van der Waals surface area contributed by atoms with E-state index in [2.05, 4.69) is 0 Å². The standard InChI is InChI=1S/C27H36FN3O8S/c1-4-7-17-12-19(20-10-11-21(32)24(23(20)28)31-15-22(33)29-40(31,36)37)14-30(13-17)27(35)39-26(16(2)3)38-25(34)18-8-5-6-9-18/h10-12,16-18,26,32H,4-9,13-15H2,1-3H3,(H,29,33). The number of amides is 2. The highest BCUT2D eigenvalue weighted by atomic mass is 32.2. The molecule has 13 heteroatoms. The van der Waals surface area contributed by atoms with Gasteiger partial charge in [-0.15, -0.1) is 0 Å². The van der Waals surface area contributed by atoms with Gasteiger partial charge < -0.3 is 19.5 Å². The van der Waals surface area contributed by atoms with Crippen LogP contribution in [0, 0.1) is 23.6 Å². The molecule has 2 fully saturated rings. The van der Waals surface area contributed by atoms with Gasteiger partial charge in [-0.05, 0) is 42.9 Å². The van der Waals surface area contributed by atoms with Gasteiger partial charge in [0.25, 0.3) is 12.2 Å². The van der Waals surface area contributed by atoms with Gasteiger partial charge >= 0.3 is 22.3 Å². The lowest BCUT2D eigenvalue weighted by Gasteiger charge is -2.34. The van der Waals surface area contributed by atoms with E-state index in [1.54, 1.807) is 18.6 Å². The first-order valence-corrected chi connectivity index (χ1v) is 15.1. The molecule has 0 radical (unpaired) electrons. The highest BCUT2D eigenvalue weighted by molar-refractivity contribution is 7.92. The van der Waals surface area contributed by atoms with Crippen molar-refractivity contribution in [2.45, 2.75) is 65.6 Å². The minimum Gasteiger partial charge on any atom is -0.506 e. The molecule has 40 heavy (non-hydrogen) atoms.